The number of rotatable bonds is 5. The molecule has 0 bridgehead atoms. The number of hydrogen-bond donors (Lipinski definition) is 0. The van der Waals surface area contributed by atoms with Gasteiger partial charge in [0, 0.05) is 0 Å². The zero-order valence-corrected chi connectivity index (χ0v) is 7.18. The van der Waals surface area contributed by atoms with Gasteiger partial charge in [0.25, 0.3) is 0 Å². The van der Waals surface area contributed by atoms with Gasteiger partial charge in [0.05, 0.1) is 5.76 Å². The van der Waals surface area contributed by atoms with Crippen LogP contribution in [-0.4, -0.2) is 0 Å². The van der Waals surface area contributed by atoms with E-state index in [-0.39, 0.29) is 0 Å². The number of unbranched alkanes of at least 4 members (excludes halogenated alkanes) is 2. The van der Waals surface area contributed by atoms with Crippen LogP contribution in [0.2, 0.25) is 0 Å². The van der Waals surface area contributed by atoms with Gasteiger partial charge in [-0.25, -0.2) is 0 Å². The van der Waals surface area contributed by atoms with E-state index in [0.29, 0.717) is 0 Å². The molecule has 0 amide bonds. The second-order valence-electron chi connectivity index (χ2n) is 2.33. The molecule has 0 aliphatic heterocycles. The minimum absolute atomic E-state index is 0.983. The van der Waals surface area contributed by atoms with Gasteiger partial charge in [0.15, 0.2) is 0 Å². The molecule has 0 N–H and O–H groups in total. The first kappa shape index (κ1) is 9.54. The largest absolute Gasteiger partial charge is 0.492 e. The summed E-state index contributed by atoms with van der Waals surface area (Å²) in [5.74, 6) is 0.983. The summed E-state index contributed by atoms with van der Waals surface area (Å²) in [6.07, 6.45) is 5.47. The molecule has 0 rings (SSSR count). The number of allylic oxidation sites excluding steroid dienone is 2. The SMILES string of the molecule is C/C=C(/C)O[CH]CCCC. The Kier molecular flexibility index (Phi) is 6.35. The molecule has 0 heterocycles. The van der Waals surface area contributed by atoms with Gasteiger partial charge in [0.1, 0.15) is 6.61 Å². The van der Waals surface area contributed by atoms with Crippen LogP contribution < -0.4 is 0 Å². The lowest BCUT2D eigenvalue weighted by Crippen LogP contribution is -1.84. The number of hydrogen-bond acceptors (Lipinski definition) is 1. The Morgan fingerprint density at radius 3 is 2.70 bits per heavy atom. The highest BCUT2D eigenvalue weighted by Gasteiger charge is 1.88. The van der Waals surface area contributed by atoms with Gasteiger partial charge in [-0.05, 0) is 32.8 Å². The van der Waals surface area contributed by atoms with E-state index in [0.717, 1.165) is 12.2 Å². The molecule has 0 aliphatic rings. The summed E-state index contributed by atoms with van der Waals surface area (Å²) in [6, 6.07) is 0. The quantitative estimate of drug-likeness (QED) is 0.421. The topological polar surface area (TPSA) is 9.23 Å². The third-order valence-electron chi connectivity index (χ3n) is 1.35. The molecule has 1 radical (unpaired) electrons. The van der Waals surface area contributed by atoms with Crippen molar-refractivity contribution in [2.24, 2.45) is 0 Å². The van der Waals surface area contributed by atoms with Gasteiger partial charge in [0.2, 0.25) is 0 Å². The van der Waals surface area contributed by atoms with Gasteiger partial charge in [-0.2, -0.15) is 0 Å². The van der Waals surface area contributed by atoms with Crippen LogP contribution in [0.3, 0.4) is 0 Å². The molecule has 0 aromatic heterocycles. The lowest BCUT2D eigenvalue weighted by Gasteiger charge is -2.02. The summed E-state index contributed by atoms with van der Waals surface area (Å²) in [4.78, 5) is 0. The second kappa shape index (κ2) is 6.66. The molecule has 0 unspecified atom stereocenters. The molecule has 1 heteroatoms. The zero-order chi connectivity index (χ0) is 7.82. The maximum atomic E-state index is 5.23. The molecule has 0 aliphatic carbocycles. The van der Waals surface area contributed by atoms with Gasteiger partial charge in [-0.3, -0.25) is 0 Å². The van der Waals surface area contributed by atoms with E-state index < -0.39 is 0 Å². The normalized spacial score (nSPS) is 11.7. The van der Waals surface area contributed by atoms with Crippen molar-refractivity contribution in [2.75, 3.05) is 0 Å². The summed E-state index contributed by atoms with van der Waals surface area (Å²) in [5.41, 5.74) is 0. The fourth-order valence-corrected chi connectivity index (χ4v) is 0.546. The molecular formula is C9H17O. The van der Waals surface area contributed by atoms with E-state index in [4.69, 9.17) is 4.74 Å². The van der Waals surface area contributed by atoms with Crippen LogP contribution in [0.1, 0.15) is 40.0 Å². The highest BCUT2D eigenvalue weighted by molar-refractivity contribution is 4.85. The molecule has 0 atom stereocenters. The second-order valence-corrected chi connectivity index (χ2v) is 2.33. The van der Waals surface area contributed by atoms with E-state index >= 15 is 0 Å². The first-order valence-electron chi connectivity index (χ1n) is 3.92. The molecule has 59 valence electrons. The highest BCUT2D eigenvalue weighted by atomic mass is 16.5. The first-order valence-corrected chi connectivity index (χ1v) is 3.92. The molecule has 1 nitrogen and oxygen atoms in total. The van der Waals surface area contributed by atoms with Gasteiger partial charge >= 0.3 is 0 Å². The number of ether oxygens (including phenoxy) is 1. The highest BCUT2D eigenvalue weighted by Crippen LogP contribution is 2.03. The summed E-state index contributed by atoms with van der Waals surface area (Å²) < 4.78 is 5.23. The van der Waals surface area contributed by atoms with E-state index in [9.17, 15) is 0 Å². The summed E-state index contributed by atoms with van der Waals surface area (Å²) in [5, 5.41) is 0. The van der Waals surface area contributed by atoms with Gasteiger partial charge in [-0.1, -0.05) is 13.3 Å². The lowest BCUT2D eigenvalue weighted by molar-refractivity contribution is 0.277. The minimum atomic E-state index is 0.983. The molecule has 0 aromatic rings. The van der Waals surface area contributed by atoms with Crippen molar-refractivity contribution in [1.82, 2.24) is 0 Å². The van der Waals surface area contributed by atoms with Crippen molar-refractivity contribution in [3.8, 4) is 0 Å². The average molecular weight is 141 g/mol. The van der Waals surface area contributed by atoms with Crippen molar-refractivity contribution in [2.45, 2.75) is 40.0 Å². The average Bonchev–Trinajstić information content (AvgIpc) is 1.98. The lowest BCUT2D eigenvalue weighted by atomic mass is 10.3. The van der Waals surface area contributed by atoms with E-state index in [1.54, 1.807) is 0 Å². The Morgan fingerprint density at radius 2 is 2.20 bits per heavy atom. The Labute approximate surface area is 64.1 Å². The van der Waals surface area contributed by atoms with E-state index in [2.05, 4.69) is 6.92 Å². The molecule has 0 spiro atoms. The van der Waals surface area contributed by atoms with Crippen molar-refractivity contribution in [1.29, 1.82) is 0 Å². The van der Waals surface area contributed by atoms with Crippen LogP contribution in [0.5, 0.6) is 0 Å². The van der Waals surface area contributed by atoms with Crippen LogP contribution in [0.15, 0.2) is 11.8 Å². The van der Waals surface area contributed by atoms with Crippen molar-refractivity contribution in [3.63, 3.8) is 0 Å². The predicted molar refractivity (Wildman–Crippen MR) is 44.3 cm³/mol. The van der Waals surface area contributed by atoms with Crippen LogP contribution in [0, 0.1) is 6.61 Å². The summed E-state index contributed by atoms with van der Waals surface area (Å²) in [6.45, 7) is 7.99. The fraction of sp³-hybridized carbons (Fsp3) is 0.667. The van der Waals surface area contributed by atoms with Crippen molar-refractivity contribution >= 4 is 0 Å². The predicted octanol–water partition coefficient (Wildman–Crippen LogP) is 3.28. The van der Waals surface area contributed by atoms with Gasteiger partial charge < -0.3 is 4.74 Å². The monoisotopic (exact) mass is 141 g/mol. The van der Waals surface area contributed by atoms with Crippen LogP contribution in [-0.2, 0) is 4.74 Å². The molecule has 0 saturated carbocycles. The molecular weight excluding hydrogens is 124 g/mol. The maximum absolute atomic E-state index is 5.23. The fourth-order valence-electron chi connectivity index (χ4n) is 0.546. The smallest absolute Gasteiger partial charge is 0.135 e. The first-order chi connectivity index (χ1) is 4.81. The Balaban J connectivity index is 3.04. The van der Waals surface area contributed by atoms with Gasteiger partial charge in [-0.15, -0.1) is 0 Å². The Hall–Kier alpha value is -0.460. The minimum Gasteiger partial charge on any atom is -0.492 e. The summed E-state index contributed by atoms with van der Waals surface area (Å²) >= 11 is 0. The third-order valence-corrected chi connectivity index (χ3v) is 1.35. The van der Waals surface area contributed by atoms with Crippen LogP contribution >= 0.6 is 0 Å². The van der Waals surface area contributed by atoms with Crippen LogP contribution in [0.4, 0.5) is 0 Å². The van der Waals surface area contributed by atoms with Crippen molar-refractivity contribution < 1.29 is 4.74 Å². The molecule has 0 saturated heterocycles. The summed E-state index contributed by atoms with van der Waals surface area (Å²) in [7, 11) is 0. The standard InChI is InChI=1S/C9H17O/c1-4-6-7-8-10-9(3)5-2/h5,8H,4,6-7H2,1-3H3/b9-5-. The zero-order valence-electron chi connectivity index (χ0n) is 7.18. The molecule has 0 aromatic carbocycles. The maximum Gasteiger partial charge on any atom is 0.135 e. The molecule has 10 heavy (non-hydrogen) atoms. The Morgan fingerprint density at radius 1 is 1.50 bits per heavy atom. The third kappa shape index (κ3) is 5.67. The van der Waals surface area contributed by atoms with E-state index in [1.165, 1.54) is 12.8 Å². The van der Waals surface area contributed by atoms with E-state index in [1.807, 2.05) is 26.5 Å². The van der Waals surface area contributed by atoms with Crippen LogP contribution in [0.25, 0.3) is 0 Å². The molecule has 0 fully saturated rings. The Bertz CT molecular complexity index is 94.9. The van der Waals surface area contributed by atoms with Crippen molar-refractivity contribution in [3.05, 3.63) is 18.4 Å².